The molecule has 0 fully saturated rings. The van der Waals surface area contributed by atoms with Gasteiger partial charge in [-0.2, -0.15) is 0 Å². The minimum absolute atomic E-state index is 0.0402. The maximum atomic E-state index is 11.7. The summed E-state index contributed by atoms with van der Waals surface area (Å²) in [5.41, 5.74) is 1.78. The van der Waals surface area contributed by atoms with Crippen LogP contribution in [0.25, 0.3) is 0 Å². The van der Waals surface area contributed by atoms with Crippen molar-refractivity contribution in [2.24, 2.45) is 0 Å². The van der Waals surface area contributed by atoms with Crippen LogP contribution in [-0.4, -0.2) is 15.9 Å². The Bertz CT molecular complexity index is 514. The van der Waals surface area contributed by atoms with Gasteiger partial charge in [0.15, 0.2) is 0 Å². The lowest BCUT2D eigenvalue weighted by Crippen LogP contribution is -2.24. The average Bonchev–Trinajstić information content (AvgIpc) is 2.40. The Kier molecular flexibility index (Phi) is 4.41. The maximum absolute atomic E-state index is 11.7. The molecule has 4 nitrogen and oxygen atoms in total. The normalized spacial score (nSPS) is 10.1. The van der Waals surface area contributed by atoms with E-state index in [1.807, 2.05) is 24.3 Å². The molecule has 2 rings (SSSR count). The number of nitrogens with one attached hydrogen (secondary N) is 1. The summed E-state index contributed by atoms with van der Waals surface area (Å²) in [7, 11) is 0. The molecule has 0 unspecified atom stereocenters. The molecule has 0 aromatic carbocycles. The van der Waals surface area contributed by atoms with Crippen LogP contribution in [-0.2, 0) is 17.8 Å². The van der Waals surface area contributed by atoms with E-state index in [-0.39, 0.29) is 5.91 Å². The second-order valence-electron chi connectivity index (χ2n) is 3.78. The van der Waals surface area contributed by atoms with E-state index in [2.05, 4.69) is 31.2 Å². The Labute approximate surface area is 114 Å². The topological polar surface area (TPSA) is 54.9 Å². The van der Waals surface area contributed by atoms with Crippen LogP contribution in [0.5, 0.6) is 0 Å². The van der Waals surface area contributed by atoms with Gasteiger partial charge in [-0.25, -0.2) is 0 Å². The molecule has 0 saturated heterocycles. The highest BCUT2D eigenvalue weighted by atomic mass is 79.9. The summed E-state index contributed by atoms with van der Waals surface area (Å²) >= 11 is 3.30. The van der Waals surface area contributed by atoms with Crippen molar-refractivity contribution in [2.45, 2.75) is 13.0 Å². The molecular formula is C13H12BrN3O. The molecule has 2 heterocycles. The minimum Gasteiger partial charge on any atom is -0.352 e. The first-order chi connectivity index (χ1) is 8.74. The number of hydrogen-bond acceptors (Lipinski definition) is 3. The molecule has 2 aromatic heterocycles. The monoisotopic (exact) mass is 305 g/mol. The molecule has 0 bridgehead atoms. The number of nitrogens with zero attached hydrogens (tertiary/aromatic N) is 2. The molecule has 2 aromatic rings. The number of rotatable bonds is 4. The molecule has 0 aliphatic rings. The minimum atomic E-state index is -0.0402. The SMILES string of the molecule is O=C(Cc1ccc(Br)cn1)NCc1ccncc1. The first-order valence-electron chi connectivity index (χ1n) is 5.50. The Morgan fingerprint density at radius 2 is 2.00 bits per heavy atom. The first-order valence-corrected chi connectivity index (χ1v) is 6.29. The molecule has 1 N–H and O–H groups in total. The third-order valence-electron chi connectivity index (χ3n) is 2.37. The number of pyridine rings is 2. The lowest BCUT2D eigenvalue weighted by Gasteiger charge is -2.04. The van der Waals surface area contributed by atoms with Gasteiger partial charge in [-0.3, -0.25) is 14.8 Å². The third-order valence-corrected chi connectivity index (χ3v) is 2.84. The lowest BCUT2D eigenvalue weighted by atomic mass is 10.2. The van der Waals surface area contributed by atoms with E-state index in [4.69, 9.17) is 0 Å². The van der Waals surface area contributed by atoms with Crippen molar-refractivity contribution >= 4 is 21.8 Å². The van der Waals surface area contributed by atoms with E-state index < -0.39 is 0 Å². The Morgan fingerprint density at radius 1 is 1.22 bits per heavy atom. The first kappa shape index (κ1) is 12.7. The third kappa shape index (κ3) is 3.92. The quantitative estimate of drug-likeness (QED) is 0.941. The van der Waals surface area contributed by atoms with Crippen LogP contribution in [0.1, 0.15) is 11.3 Å². The summed E-state index contributed by atoms with van der Waals surface area (Å²) in [5, 5.41) is 2.84. The summed E-state index contributed by atoms with van der Waals surface area (Å²) < 4.78 is 0.906. The molecule has 0 atom stereocenters. The fraction of sp³-hybridized carbons (Fsp3) is 0.154. The van der Waals surface area contributed by atoms with Gasteiger partial charge in [-0.05, 0) is 45.8 Å². The molecule has 92 valence electrons. The van der Waals surface area contributed by atoms with Crippen molar-refractivity contribution in [3.8, 4) is 0 Å². The van der Waals surface area contributed by atoms with Crippen LogP contribution in [0.15, 0.2) is 47.3 Å². The lowest BCUT2D eigenvalue weighted by molar-refractivity contribution is -0.120. The molecule has 0 aliphatic carbocycles. The highest BCUT2D eigenvalue weighted by Gasteiger charge is 2.04. The van der Waals surface area contributed by atoms with Crippen molar-refractivity contribution in [3.63, 3.8) is 0 Å². The summed E-state index contributed by atoms with van der Waals surface area (Å²) in [6, 6.07) is 7.45. The highest BCUT2D eigenvalue weighted by molar-refractivity contribution is 9.10. The summed E-state index contributed by atoms with van der Waals surface area (Å²) in [6.45, 7) is 0.512. The number of halogens is 1. The fourth-order valence-electron chi connectivity index (χ4n) is 1.44. The van der Waals surface area contributed by atoms with Gasteiger partial charge in [-0.15, -0.1) is 0 Å². The predicted molar refractivity (Wildman–Crippen MR) is 71.7 cm³/mol. The average molecular weight is 306 g/mol. The Balaban J connectivity index is 1.84. The molecule has 0 radical (unpaired) electrons. The van der Waals surface area contributed by atoms with Crippen molar-refractivity contribution in [2.75, 3.05) is 0 Å². The van der Waals surface area contributed by atoms with Gasteiger partial charge in [0.2, 0.25) is 5.91 Å². The van der Waals surface area contributed by atoms with E-state index in [1.165, 1.54) is 0 Å². The molecule has 5 heteroatoms. The predicted octanol–water partition coefficient (Wildman–Crippen LogP) is 2.10. The molecule has 18 heavy (non-hydrogen) atoms. The fourth-order valence-corrected chi connectivity index (χ4v) is 1.67. The smallest absolute Gasteiger partial charge is 0.226 e. The van der Waals surface area contributed by atoms with Crippen molar-refractivity contribution in [1.29, 1.82) is 0 Å². The number of carbonyl (C=O) groups excluding carboxylic acids is 1. The van der Waals surface area contributed by atoms with Crippen LogP contribution in [0.3, 0.4) is 0 Å². The van der Waals surface area contributed by atoms with Gasteiger partial charge in [0.1, 0.15) is 0 Å². The number of aromatic nitrogens is 2. The van der Waals surface area contributed by atoms with Gasteiger partial charge in [-0.1, -0.05) is 0 Å². The zero-order valence-electron chi connectivity index (χ0n) is 9.64. The van der Waals surface area contributed by atoms with Crippen molar-refractivity contribution < 1.29 is 4.79 Å². The Hall–Kier alpha value is -1.75. The van der Waals surface area contributed by atoms with Crippen LogP contribution in [0.2, 0.25) is 0 Å². The molecule has 0 spiro atoms. The molecule has 0 aliphatic heterocycles. The van der Waals surface area contributed by atoms with Crippen LogP contribution in [0.4, 0.5) is 0 Å². The van der Waals surface area contributed by atoms with Crippen LogP contribution >= 0.6 is 15.9 Å². The van der Waals surface area contributed by atoms with Crippen LogP contribution in [0, 0.1) is 0 Å². The standard InChI is InChI=1S/C13H12BrN3O/c14-11-1-2-12(16-9-11)7-13(18)17-8-10-3-5-15-6-4-10/h1-6,9H,7-8H2,(H,17,18). The van der Waals surface area contributed by atoms with Gasteiger partial charge < -0.3 is 5.32 Å². The second-order valence-corrected chi connectivity index (χ2v) is 4.69. The summed E-state index contributed by atoms with van der Waals surface area (Å²) in [5.74, 6) is -0.0402. The molecule has 0 saturated carbocycles. The van der Waals surface area contributed by atoms with Gasteiger partial charge in [0, 0.05) is 35.3 Å². The zero-order chi connectivity index (χ0) is 12.8. The summed E-state index contributed by atoms with van der Waals surface area (Å²) in [4.78, 5) is 19.8. The van der Waals surface area contributed by atoms with Crippen molar-refractivity contribution in [1.82, 2.24) is 15.3 Å². The number of carbonyl (C=O) groups is 1. The number of hydrogen-bond donors (Lipinski definition) is 1. The zero-order valence-corrected chi connectivity index (χ0v) is 11.2. The Morgan fingerprint density at radius 3 is 2.67 bits per heavy atom. The summed E-state index contributed by atoms with van der Waals surface area (Å²) in [6.07, 6.45) is 5.39. The van der Waals surface area contributed by atoms with Gasteiger partial charge >= 0.3 is 0 Å². The molecular weight excluding hydrogens is 294 g/mol. The second kappa shape index (κ2) is 6.26. The van der Waals surface area contributed by atoms with E-state index >= 15 is 0 Å². The van der Waals surface area contributed by atoms with Gasteiger partial charge in [0.05, 0.1) is 6.42 Å². The maximum Gasteiger partial charge on any atom is 0.226 e. The molecule has 1 amide bonds. The highest BCUT2D eigenvalue weighted by Crippen LogP contribution is 2.07. The van der Waals surface area contributed by atoms with E-state index in [0.29, 0.717) is 13.0 Å². The van der Waals surface area contributed by atoms with Gasteiger partial charge in [0.25, 0.3) is 0 Å². The van der Waals surface area contributed by atoms with Crippen LogP contribution < -0.4 is 5.32 Å². The van der Waals surface area contributed by atoms with E-state index in [1.54, 1.807) is 18.6 Å². The van der Waals surface area contributed by atoms with Crippen molar-refractivity contribution in [3.05, 3.63) is 58.6 Å². The van der Waals surface area contributed by atoms with E-state index in [9.17, 15) is 4.79 Å². The van der Waals surface area contributed by atoms with E-state index in [0.717, 1.165) is 15.7 Å². The number of amides is 1. The largest absolute Gasteiger partial charge is 0.352 e.